The number of nitrogen functional groups attached to an aromatic ring is 1. The lowest BCUT2D eigenvalue weighted by atomic mass is 10.1. The van der Waals surface area contributed by atoms with E-state index in [0.717, 1.165) is 16.8 Å². The summed E-state index contributed by atoms with van der Waals surface area (Å²) in [6.45, 7) is 4.72. The molecular weight excluding hydrogens is 260 g/mol. The van der Waals surface area contributed by atoms with Crippen molar-refractivity contribution in [3.63, 3.8) is 0 Å². The van der Waals surface area contributed by atoms with Crippen molar-refractivity contribution >= 4 is 11.6 Å². The largest absolute Gasteiger partial charge is 0.399 e. The third kappa shape index (κ3) is 4.35. The number of anilines is 1. The molecule has 0 fully saturated rings. The normalized spacial score (nSPS) is 10.4. The Balaban J connectivity index is 1.84. The number of carbonyl (C=O) groups is 1. The zero-order valence-corrected chi connectivity index (χ0v) is 12.6. The standard InChI is InChI=1S/C18H22N2O/c1-13-7-8-16(14(2)11-13)12-20-18(21)10-9-15-5-3-4-6-17(15)19/h3-8,11H,9-10,12,19H2,1-2H3,(H,20,21). The minimum absolute atomic E-state index is 0.0539. The molecule has 0 saturated heterocycles. The summed E-state index contributed by atoms with van der Waals surface area (Å²) in [4.78, 5) is 11.9. The van der Waals surface area contributed by atoms with Crippen molar-refractivity contribution in [1.29, 1.82) is 0 Å². The van der Waals surface area contributed by atoms with E-state index < -0.39 is 0 Å². The molecule has 0 radical (unpaired) electrons. The highest BCUT2D eigenvalue weighted by molar-refractivity contribution is 5.76. The van der Waals surface area contributed by atoms with Crippen molar-refractivity contribution in [2.45, 2.75) is 33.2 Å². The second-order valence-corrected chi connectivity index (χ2v) is 5.41. The van der Waals surface area contributed by atoms with Crippen molar-refractivity contribution < 1.29 is 4.79 Å². The maximum atomic E-state index is 11.9. The van der Waals surface area contributed by atoms with Gasteiger partial charge in [0, 0.05) is 18.7 Å². The maximum Gasteiger partial charge on any atom is 0.220 e. The highest BCUT2D eigenvalue weighted by Crippen LogP contribution is 2.13. The molecule has 0 aliphatic rings. The zero-order valence-electron chi connectivity index (χ0n) is 12.6. The molecule has 0 heterocycles. The Morgan fingerprint density at radius 1 is 1.10 bits per heavy atom. The molecule has 0 aliphatic heterocycles. The van der Waals surface area contributed by atoms with Gasteiger partial charge in [-0.15, -0.1) is 0 Å². The monoisotopic (exact) mass is 282 g/mol. The van der Waals surface area contributed by atoms with Crippen LogP contribution in [-0.2, 0) is 17.8 Å². The minimum Gasteiger partial charge on any atom is -0.399 e. The number of rotatable bonds is 5. The van der Waals surface area contributed by atoms with Gasteiger partial charge in [-0.05, 0) is 43.0 Å². The number of hydrogen-bond donors (Lipinski definition) is 2. The molecule has 3 N–H and O–H groups in total. The number of nitrogens with two attached hydrogens (primary N) is 1. The van der Waals surface area contributed by atoms with E-state index in [1.54, 1.807) is 0 Å². The number of benzene rings is 2. The van der Waals surface area contributed by atoms with E-state index in [2.05, 4.69) is 37.4 Å². The molecule has 0 bridgehead atoms. The SMILES string of the molecule is Cc1ccc(CNC(=O)CCc2ccccc2N)c(C)c1. The molecule has 2 aromatic rings. The fourth-order valence-electron chi connectivity index (χ4n) is 2.34. The van der Waals surface area contributed by atoms with E-state index in [1.165, 1.54) is 11.1 Å². The highest BCUT2D eigenvalue weighted by Gasteiger charge is 2.05. The van der Waals surface area contributed by atoms with Crippen molar-refractivity contribution in [1.82, 2.24) is 5.32 Å². The average molecular weight is 282 g/mol. The molecule has 0 atom stereocenters. The highest BCUT2D eigenvalue weighted by atomic mass is 16.1. The fraction of sp³-hybridized carbons (Fsp3) is 0.278. The van der Waals surface area contributed by atoms with Crippen LogP contribution in [0.3, 0.4) is 0 Å². The van der Waals surface area contributed by atoms with E-state index in [1.807, 2.05) is 24.3 Å². The van der Waals surface area contributed by atoms with Gasteiger partial charge >= 0.3 is 0 Å². The van der Waals surface area contributed by atoms with Crippen LogP contribution in [0.1, 0.15) is 28.7 Å². The third-order valence-corrected chi connectivity index (χ3v) is 3.65. The van der Waals surface area contributed by atoms with Crippen LogP contribution in [0, 0.1) is 13.8 Å². The first-order valence-electron chi connectivity index (χ1n) is 7.22. The van der Waals surface area contributed by atoms with Crippen LogP contribution >= 0.6 is 0 Å². The van der Waals surface area contributed by atoms with Gasteiger partial charge in [-0.25, -0.2) is 0 Å². The van der Waals surface area contributed by atoms with Crippen molar-refractivity contribution in [2.24, 2.45) is 0 Å². The molecule has 21 heavy (non-hydrogen) atoms. The van der Waals surface area contributed by atoms with Crippen LogP contribution in [0.2, 0.25) is 0 Å². The number of aryl methyl sites for hydroxylation is 3. The second-order valence-electron chi connectivity index (χ2n) is 5.41. The van der Waals surface area contributed by atoms with Crippen LogP contribution in [0.4, 0.5) is 5.69 Å². The predicted molar refractivity (Wildman–Crippen MR) is 86.9 cm³/mol. The first-order valence-corrected chi connectivity index (χ1v) is 7.22. The Bertz CT molecular complexity index is 635. The van der Waals surface area contributed by atoms with E-state index in [0.29, 0.717) is 19.4 Å². The van der Waals surface area contributed by atoms with E-state index in [9.17, 15) is 4.79 Å². The molecule has 2 rings (SSSR count). The third-order valence-electron chi connectivity index (χ3n) is 3.65. The van der Waals surface area contributed by atoms with Gasteiger partial charge in [-0.2, -0.15) is 0 Å². The van der Waals surface area contributed by atoms with Gasteiger partial charge in [0.25, 0.3) is 0 Å². The summed E-state index contributed by atoms with van der Waals surface area (Å²) in [5, 5.41) is 2.97. The first-order chi connectivity index (χ1) is 10.1. The maximum absolute atomic E-state index is 11.9. The smallest absolute Gasteiger partial charge is 0.220 e. The number of amides is 1. The van der Waals surface area contributed by atoms with Gasteiger partial charge < -0.3 is 11.1 Å². The summed E-state index contributed by atoms with van der Waals surface area (Å²) in [5.74, 6) is 0.0539. The van der Waals surface area contributed by atoms with Crippen LogP contribution in [-0.4, -0.2) is 5.91 Å². The zero-order chi connectivity index (χ0) is 15.2. The summed E-state index contributed by atoms with van der Waals surface area (Å²) in [6, 6.07) is 13.9. The molecular formula is C18H22N2O. The van der Waals surface area contributed by atoms with Gasteiger partial charge in [0.1, 0.15) is 0 Å². The lowest BCUT2D eigenvalue weighted by Gasteiger charge is -2.09. The Morgan fingerprint density at radius 2 is 1.86 bits per heavy atom. The van der Waals surface area contributed by atoms with Crippen molar-refractivity contribution in [3.05, 3.63) is 64.7 Å². The van der Waals surface area contributed by atoms with Crippen LogP contribution in [0.15, 0.2) is 42.5 Å². The van der Waals surface area contributed by atoms with E-state index in [4.69, 9.17) is 5.73 Å². The van der Waals surface area contributed by atoms with Crippen LogP contribution in [0.5, 0.6) is 0 Å². The average Bonchev–Trinajstić information content (AvgIpc) is 2.45. The second kappa shape index (κ2) is 6.93. The van der Waals surface area contributed by atoms with Crippen molar-refractivity contribution in [2.75, 3.05) is 5.73 Å². The number of carbonyl (C=O) groups excluding carboxylic acids is 1. The fourth-order valence-corrected chi connectivity index (χ4v) is 2.34. The summed E-state index contributed by atoms with van der Waals surface area (Å²) < 4.78 is 0. The molecule has 1 amide bonds. The predicted octanol–water partition coefficient (Wildman–Crippen LogP) is 3.13. The Kier molecular flexibility index (Phi) is 4.99. The van der Waals surface area contributed by atoms with Gasteiger partial charge in [-0.1, -0.05) is 42.0 Å². The van der Waals surface area contributed by atoms with E-state index >= 15 is 0 Å². The molecule has 0 spiro atoms. The lowest BCUT2D eigenvalue weighted by Crippen LogP contribution is -2.23. The number of nitrogens with one attached hydrogen (secondary N) is 1. The number of hydrogen-bond acceptors (Lipinski definition) is 2. The Hall–Kier alpha value is -2.29. The lowest BCUT2D eigenvalue weighted by molar-refractivity contribution is -0.121. The molecule has 0 aromatic heterocycles. The van der Waals surface area contributed by atoms with Gasteiger partial charge in [-0.3, -0.25) is 4.79 Å². The Morgan fingerprint density at radius 3 is 2.57 bits per heavy atom. The number of para-hydroxylation sites is 1. The Labute approximate surface area is 126 Å². The first kappa shape index (κ1) is 15.1. The van der Waals surface area contributed by atoms with Gasteiger partial charge in [0.2, 0.25) is 5.91 Å². The topological polar surface area (TPSA) is 55.1 Å². The summed E-state index contributed by atoms with van der Waals surface area (Å²) in [5.41, 5.74) is 11.3. The van der Waals surface area contributed by atoms with Crippen LogP contribution < -0.4 is 11.1 Å². The summed E-state index contributed by atoms with van der Waals surface area (Å²) in [7, 11) is 0. The summed E-state index contributed by atoms with van der Waals surface area (Å²) in [6.07, 6.45) is 1.13. The van der Waals surface area contributed by atoms with Crippen molar-refractivity contribution in [3.8, 4) is 0 Å². The molecule has 3 heteroatoms. The summed E-state index contributed by atoms with van der Waals surface area (Å²) >= 11 is 0. The van der Waals surface area contributed by atoms with E-state index in [-0.39, 0.29) is 5.91 Å². The van der Waals surface area contributed by atoms with Crippen LogP contribution in [0.25, 0.3) is 0 Å². The van der Waals surface area contributed by atoms with Gasteiger partial charge in [0.15, 0.2) is 0 Å². The molecule has 0 unspecified atom stereocenters. The quantitative estimate of drug-likeness (QED) is 0.828. The molecule has 2 aromatic carbocycles. The minimum atomic E-state index is 0.0539. The molecule has 110 valence electrons. The molecule has 0 saturated carbocycles. The molecule has 3 nitrogen and oxygen atoms in total. The molecule has 0 aliphatic carbocycles. The van der Waals surface area contributed by atoms with Gasteiger partial charge in [0.05, 0.1) is 0 Å².